The first-order chi connectivity index (χ1) is 28.8. The number of rotatable bonds is 10. The largest absolute Gasteiger partial charge is 0.507 e. The number of hydrogen-bond donors (Lipinski definition) is 1. The van der Waals surface area contributed by atoms with Gasteiger partial charge in [-0.15, -0.1) is 29.3 Å². The van der Waals surface area contributed by atoms with E-state index in [4.69, 9.17) is 9.97 Å². The number of pyridine rings is 1. The van der Waals surface area contributed by atoms with Crippen molar-refractivity contribution < 1.29 is 26.2 Å². The molecule has 8 rings (SSSR count). The van der Waals surface area contributed by atoms with E-state index in [1.165, 1.54) is 27.8 Å². The first-order valence-electron chi connectivity index (χ1n) is 21.4. The van der Waals surface area contributed by atoms with Crippen LogP contribution in [0, 0.1) is 12.0 Å². The molecule has 0 saturated heterocycles. The van der Waals surface area contributed by atoms with Gasteiger partial charge >= 0.3 is 0 Å². The summed E-state index contributed by atoms with van der Waals surface area (Å²) in [7, 11) is 0. The maximum Gasteiger partial charge on any atom is 0.148 e. The molecule has 0 amide bonds. The molecular weight excluding hydrogens is 926 g/mol. The Labute approximate surface area is 377 Å². The van der Waals surface area contributed by atoms with Crippen LogP contribution in [0.2, 0.25) is 0 Å². The van der Waals surface area contributed by atoms with Crippen LogP contribution in [0.4, 0.5) is 0 Å². The number of phenolic OH excluding ortho intramolecular Hbond substituents is 1. The Bertz CT molecular complexity index is 2810. The van der Waals surface area contributed by atoms with Crippen LogP contribution in [-0.4, -0.2) is 19.6 Å². The second-order valence-corrected chi connectivity index (χ2v) is 18.3. The summed E-state index contributed by atoms with van der Waals surface area (Å²) in [5.41, 5.74) is 16.4. The summed E-state index contributed by atoms with van der Waals surface area (Å²) in [4.78, 5) is 10.5. The van der Waals surface area contributed by atoms with Crippen LogP contribution in [0.5, 0.6) is 5.75 Å². The van der Waals surface area contributed by atoms with Crippen molar-refractivity contribution in [3.8, 4) is 67.5 Å². The van der Waals surface area contributed by atoms with E-state index in [2.05, 4.69) is 200 Å². The molecule has 2 heterocycles. The van der Waals surface area contributed by atoms with E-state index in [1.54, 1.807) is 0 Å². The average molecular weight is 982 g/mol. The standard InChI is InChI=1S/C56H56N3O.Pt/c1-35(2)27-42-31-46(23-24-47(42)39-19-14-11-15-20-39)59-52-22-16-21-48(53(52)58-55(59)50-33-41(36(3)4)32-49(37(5)6)54(50)60)43-28-44(30-45(29-43)56(7,8)9)51-34-40(25-26-57-51)38-17-12-10-13-18-38;/h10-26,29-37,60H,27H2,1-9H3;/q-1;. The van der Waals surface area contributed by atoms with Crippen LogP contribution >= 0.6 is 0 Å². The Balaban J connectivity index is 0.00000561. The molecule has 1 N–H and O–H groups in total. The van der Waals surface area contributed by atoms with Crippen LogP contribution in [0.1, 0.15) is 96.4 Å². The fraction of sp³-hybridized carbons (Fsp3) is 0.250. The number of fused-ring (bicyclic) bond motifs is 1. The van der Waals surface area contributed by atoms with Crippen LogP contribution in [-0.2, 0) is 32.9 Å². The van der Waals surface area contributed by atoms with Crippen molar-refractivity contribution in [1.82, 2.24) is 14.5 Å². The van der Waals surface area contributed by atoms with Gasteiger partial charge < -0.3 is 5.11 Å². The van der Waals surface area contributed by atoms with Gasteiger partial charge in [0, 0.05) is 38.6 Å². The Morgan fingerprint density at radius 1 is 0.639 bits per heavy atom. The van der Waals surface area contributed by atoms with Gasteiger partial charge in [-0.25, -0.2) is 4.98 Å². The Morgan fingerprint density at radius 2 is 1.33 bits per heavy atom. The molecule has 2 aromatic heterocycles. The van der Waals surface area contributed by atoms with E-state index in [0.717, 1.165) is 67.8 Å². The van der Waals surface area contributed by atoms with Crippen LogP contribution in [0.25, 0.3) is 72.7 Å². The number of aromatic hydroxyl groups is 1. The molecule has 0 fully saturated rings. The smallest absolute Gasteiger partial charge is 0.148 e. The number of imidazole rings is 1. The van der Waals surface area contributed by atoms with Gasteiger partial charge in [0.15, 0.2) is 0 Å². The second-order valence-electron chi connectivity index (χ2n) is 18.3. The number of aromatic nitrogens is 3. The molecule has 0 bridgehead atoms. The van der Waals surface area contributed by atoms with Gasteiger partial charge in [-0.2, -0.15) is 0 Å². The Kier molecular flexibility index (Phi) is 12.7. The first kappa shape index (κ1) is 43.5. The third-order valence-corrected chi connectivity index (χ3v) is 11.6. The average Bonchev–Trinajstić information content (AvgIpc) is 3.63. The monoisotopic (exact) mass is 981 g/mol. The van der Waals surface area contributed by atoms with Gasteiger partial charge in [0.25, 0.3) is 0 Å². The minimum Gasteiger partial charge on any atom is -0.507 e. The maximum atomic E-state index is 12.2. The predicted molar refractivity (Wildman–Crippen MR) is 252 cm³/mol. The molecule has 4 nitrogen and oxygen atoms in total. The van der Waals surface area contributed by atoms with Crippen molar-refractivity contribution in [2.45, 2.75) is 86.0 Å². The number of benzene rings is 6. The SMILES string of the molecule is CC(C)Cc1cc(-n2c(-c3cc(C(C)C)cc(C(C)C)c3O)nc3c(-c4[c-]c(-c5cc(-c6ccccc6)ccn5)cc(C(C)(C)C)c4)cccc32)ccc1-c1ccccc1.[Pt]. The zero-order valence-electron chi connectivity index (χ0n) is 36.8. The van der Waals surface area contributed by atoms with E-state index in [1.807, 2.05) is 12.3 Å². The Hall–Kier alpha value is -5.57. The van der Waals surface area contributed by atoms with E-state index in [-0.39, 0.29) is 44.1 Å². The summed E-state index contributed by atoms with van der Waals surface area (Å²) in [6, 6.07) is 51.2. The molecule has 312 valence electrons. The number of hydrogen-bond acceptors (Lipinski definition) is 3. The number of para-hydroxylation sites is 1. The maximum absolute atomic E-state index is 12.2. The van der Waals surface area contributed by atoms with Gasteiger partial charge in [-0.3, -0.25) is 9.55 Å². The minimum absolute atomic E-state index is 0. The van der Waals surface area contributed by atoms with Crippen LogP contribution in [0.15, 0.2) is 140 Å². The number of nitrogens with zero attached hydrogens (tertiary/aromatic N) is 3. The molecule has 5 heteroatoms. The van der Waals surface area contributed by atoms with Gasteiger partial charge in [-0.1, -0.05) is 164 Å². The van der Waals surface area contributed by atoms with Crippen molar-refractivity contribution in [3.63, 3.8) is 0 Å². The molecule has 0 saturated carbocycles. The molecule has 0 atom stereocenters. The summed E-state index contributed by atoms with van der Waals surface area (Å²) in [6.07, 6.45) is 2.82. The van der Waals surface area contributed by atoms with Gasteiger partial charge in [0.1, 0.15) is 11.6 Å². The summed E-state index contributed by atoms with van der Waals surface area (Å²) < 4.78 is 2.26. The topological polar surface area (TPSA) is 50.9 Å². The summed E-state index contributed by atoms with van der Waals surface area (Å²) >= 11 is 0. The van der Waals surface area contributed by atoms with Crippen LogP contribution < -0.4 is 0 Å². The van der Waals surface area contributed by atoms with Crippen molar-refractivity contribution in [3.05, 3.63) is 168 Å². The van der Waals surface area contributed by atoms with Crippen molar-refractivity contribution in [1.29, 1.82) is 0 Å². The molecule has 0 aliphatic carbocycles. The summed E-state index contributed by atoms with van der Waals surface area (Å²) in [6.45, 7) is 20.0. The zero-order chi connectivity index (χ0) is 42.3. The molecule has 61 heavy (non-hydrogen) atoms. The van der Waals surface area contributed by atoms with Gasteiger partial charge in [-0.05, 0) is 98.9 Å². The van der Waals surface area contributed by atoms with E-state index in [9.17, 15) is 5.11 Å². The van der Waals surface area contributed by atoms with Crippen molar-refractivity contribution >= 4 is 11.0 Å². The molecule has 0 unspecified atom stereocenters. The third kappa shape index (κ3) is 8.93. The van der Waals surface area contributed by atoms with Crippen molar-refractivity contribution in [2.75, 3.05) is 0 Å². The molecule has 0 aliphatic heterocycles. The number of phenols is 1. The second kappa shape index (κ2) is 17.8. The molecule has 0 radical (unpaired) electrons. The van der Waals surface area contributed by atoms with Crippen LogP contribution in [0.3, 0.4) is 0 Å². The quantitative estimate of drug-likeness (QED) is 0.139. The molecule has 8 aromatic rings. The first-order valence-corrected chi connectivity index (χ1v) is 21.4. The molecule has 6 aromatic carbocycles. The fourth-order valence-electron chi connectivity index (χ4n) is 8.28. The predicted octanol–water partition coefficient (Wildman–Crippen LogP) is 15.0. The zero-order valence-corrected chi connectivity index (χ0v) is 39.1. The van der Waals surface area contributed by atoms with E-state index >= 15 is 0 Å². The minimum atomic E-state index is -0.141. The van der Waals surface area contributed by atoms with Gasteiger partial charge in [0.05, 0.1) is 16.6 Å². The normalized spacial score (nSPS) is 11.8. The summed E-state index contributed by atoms with van der Waals surface area (Å²) in [5, 5.41) is 12.2. The Morgan fingerprint density at radius 3 is 1.98 bits per heavy atom. The fourth-order valence-corrected chi connectivity index (χ4v) is 8.28. The molecule has 0 aliphatic rings. The van der Waals surface area contributed by atoms with Gasteiger partial charge in [0.2, 0.25) is 0 Å². The van der Waals surface area contributed by atoms with E-state index < -0.39 is 0 Å². The van der Waals surface area contributed by atoms with Crippen molar-refractivity contribution in [2.24, 2.45) is 5.92 Å². The summed E-state index contributed by atoms with van der Waals surface area (Å²) in [5.74, 6) is 1.84. The van der Waals surface area contributed by atoms with E-state index in [0.29, 0.717) is 11.7 Å². The molecule has 0 spiro atoms. The molecular formula is C56H56N3OPt-. The third-order valence-electron chi connectivity index (χ3n) is 11.6.